The highest BCUT2D eigenvalue weighted by atomic mass is 32.1. The van der Waals surface area contributed by atoms with Crippen LogP contribution in [0.1, 0.15) is 16.9 Å². The first-order chi connectivity index (χ1) is 12.7. The molecule has 0 radical (unpaired) electrons. The lowest BCUT2D eigenvalue weighted by Crippen LogP contribution is -1.97. The average molecular weight is 365 g/mol. The van der Waals surface area contributed by atoms with Gasteiger partial charge in [-0.1, -0.05) is 34.7 Å². The van der Waals surface area contributed by atoms with Crippen LogP contribution in [0.15, 0.2) is 47.0 Å². The zero-order valence-corrected chi connectivity index (χ0v) is 15.7. The summed E-state index contributed by atoms with van der Waals surface area (Å²) in [6, 6.07) is 13.9. The van der Waals surface area contributed by atoms with Crippen LogP contribution in [0.3, 0.4) is 0 Å². The van der Waals surface area contributed by atoms with Gasteiger partial charge >= 0.3 is 0 Å². The molecular formula is C20H19N3O2S. The zero-order valence-electron chi connectivity index (χ0n) is 14.9. The Morgan fingerprint density at radius 3 is 2.85 bits per heavy atom. The molecule has 0 unspecified atom stereocenters. The molecule has 0 amide bonds. The molecule has 1 N–H and O–H groups in total. The summed E-state index contributed by atoms with van der Waals surface area (Å²) in [5.74, 6) is 1.52. The Labute approximate surface area is 155 Å². The minimum Gasteiger partial charge on any atom is -0.496 e. The Morgan fingerprint density at radius 2 is 2.00 bits per heavy atom. The first-order valence-corrected chi connectivity index (χ1v) is 9.17. The van der Waals surface area contributed by atoms with Crippen LogP contribution in [0.2, 0.25) is 0 Å². The Balaban J connectivity index is 1.52. The van der Waals surface area contributed by atoms with Gasteiger partial charge < -0.3 is 14.6 Å². The summed E-state index contributed by atoms with van der Waals surface area (Å²) in [5, 5.41) is 8.38. The number of aryl methyl sites for hydroxylation is 2. The standard InChI is InChI=1S/C20H19N3O2S/c1-12-8-9-18-19(13(12)2)22-20(26-18)21-11-14-10-16(23-25-14)15-6-4-5-7-17(15)24-3/h4-10H,11H2,1-3H3,(H,21,22). The van der Waals surface area contributed by atoms with Gasteiger partial charge in [0.25, 0.3) is 0 Å². The number of anilines is 1. The maximum atomic E-state index is 5.47. The van der Waals surface area contributed by atoms with Crippen LogP contribution in [-0.2, 0) is 6.54 Å². The van der Waals surface area contributed by atoms with E-state index in [9.17, 15) is 0 Å². The van der Waals surface area contributed by atoms with Gasteiger partial charge in [0.1, 0.15) is 11.4 Å². The number of nitrogens with one attached hydrogen (secondary N) is 1. The first-order valence-electron chi connectivity index (χ1n) is 8.35. The fourth-order valence-corrected chi connectivity index (χ4v) is 3.76. The number of fused-ring (bicyclic) bond motifs is 1. The molecule has 6 heteroatoms. The van der Waals surface area contributed by atoms with E-state index in [0.29, 0.717) is 6.54 Å². The summed E-state index contributed by atoms with van der Waals surface area (Å²) >= 11 is 1.64. The molecule has 5 nitrogen and oxygen atoms in total. The van der Waals surface area contributed by atoms with Gasteiger partial charge in [0, 0.05) is 11.6 Å². The van der Waals surface area contributed by atoms with Crippen molar-refractivity contribution < 1.29 is 9.26 Å². The molecule has 4 aromatic rings. The average Bonchev–Trinajstić information content (AvgIpc) is 3.30. The van der Waals surface area contributed by atoms with Crippen molar-refractivity contribution in [1.29, 1.82) is 0 Å². The number of nitrogens with zero attached hydrogens (tertiary/aromatic N) is 2. The van der Waals surface area contributed by atoms with Crippen LogP contribution >= 0.6 is 11.3 Å². The van der Waals surface area contributed by atoms with Gasteiger partial charge in [-0.2, -0.15) is 0 Å². The third-order valence-electron chi connectivity index (χ3n) is 4.44. The maximum Gasteiger partial charge on any atom is 0.184 e. The van der Waals surface area contributed by atoms with E-state index in [4.69, 9.17) is 14.2 Å². The lowest BCUT2D eigenvalue weighted by Gasteiger charge is -2.03. The molecule has 4 rings (SSSR count). The number of methoxy groups -OCH3 is 1. The quantitative estimate of drug-likeness (QED) is 0.527. The SMILES string of the molecule is COc1ccccc1-c1cc(CNc2nc3c(C)c(C)ccc3s2)on1. The second kappa shape index (κ2) is 6.80. The largest absolute Gasteiger partial charge is 0.496 e. The van der Waals surface area contributed by atoms with Gasteiger partial charge in [-0.05, 0) is 43.2 Å². The smallest absolute Gasteiger partial charge is 0.184 e. The van der Waals surface area contributed by atoms with Crippen molar-refractivity contribution in [2.24, 2.45) is 0 Å². The molecule has 0 saturated carbocycles. The topological polar surface area (TPSA) is 60.2 Å². The molecular weight excluding hydrogens is 346 g/mol. The van der Waals surface area contributed by atoms with Crippen LogP contribution in [-0.4, -0.2) is 17.3 Å². The van der Waals surface area contributed by atoms with Crippen LogP contribution in [0.4, 0.5) is 5.13 Å². The van der Waals surface area contributed by atoms with E-state index in [0.717, 1.165) is 33.4 Å². The summed E-state index contributed by atoms with van der Waals surface area (Å²) in [7, 11) is 1.65. The molecule has 0 spiro atoms. The second-order valence-corrected chi connectivity index (χ2v) is 7.14. The third-order valence-corrected chi connectivity index (χ3v) is 5.42. The highest BCUT2D eigenvalue weighted by molar-refractivity contribution is 7.22. The molecule has 0 aliphatic heterocycles. The number of benzene rings is 2. The Hall–Kier alpha value is -2.86. The molecule has 0 fully saturated rings. The molecule has 26 heavy (non-hydrogen) atoms. The van der Waals surface area contributed by atoms with Crippen molar-refractivity contribution in [3.05, 3.63) is 59.4 Å². The van der Waals surface area contributed by atoms with E-state index in [1.165, 1.54) is 15.8 Å². The predicted octanol–water partition coefficient (Wildman–Crippen LogP) is 5.19. The van der Waals surface area contributed by atoms with Crippen molar-refractivity contribution >= 4 is 26.7 Å². The monoisotopic (exact) mass is 365 g/mol. The highest BCUT2D eigenvalue weighted by Crippen LogP contribution is 2.31. The van der Waals surface area contributed by atoms with Crippen molar-refractivity contribution in [1.82, 2.24) is 10.1 Å². The molecule has 0 atom stereocenters. The Kier molecular flexibility index (Phi) is 4.34. The van der Waals surface area contributed by atoms with Gasteiger partial charge in [0.15, 0.2) is 10.9 Å². The van der Waals surface area contributed by atoms with E-state index in [2.05, 4.69) is 36.5 Å². The number of hydrogen-bond donors (Lipinski definition) is 1. The predicted molar refractivity (Wildman–Crippen MR) is 105 cm³/mol. The zero-order chi connectivity index (χ0) is 18.1. The van der Waals surface area contributed by atoms with E-state index in [1.807, 2.05) is 30.3 Å². The van der Waals surface area contributed by atoms with Gasteiger partial charge in [0.2, 0.25) is 0 Å². The molecule has 2 aromatic carbocycles. The van der Waals surface area contributed by atoms with Gasteiger partial charge in [-0.3, -0.25) is 0 Å². The fraction of sp³-hybridized carbons (Fsp3) is 0.200. The Morgan fingerprint density at radius 1 is 1.15 bits per heavy atom. The van der Waals surface area contributed by atoms with Crippen molar-refractivity contribution in [3.8, 4) is 17.0 Å². The van der Waals surface area contributed by atoms with Gasteiger partial charge in [0.05, 0.1) is 23.9 Å². The highest BCUT2D eigenvalue weighted by Gasteiger charge is 2.12. The summed E-state index contributed by atoms with van der Waals surface area (Å²) in [6.07, 6.45) is 0. The third kappa shape index (κ3) is 3.04. The van der Waals surface area contributed by atoms with Crippen LogP contribution < -0.4 is 10.1 Å². The lowest BCUT2D eigenvalue weighted by molar-refractivity contribution is 0.388. The first kappa shape index (κ1) is 16.6. The number of aromatic nitrogens is 2. The van der Waals surface area contributed by atoms with Crippen molar-refractivity contribution in [2.45, 2.75) is 20.4 Å². The van der Waals surface area contributed by atoms with Crippen molar-refractivity contribution in [3.63, 3.8) is 0 Å². The van der Waals surface area contributed by atoms with E-state index in [1.54, 1.807) is 18.4 Å². The summed E-state index contributed by atoms with van der Waals surface area (Å²) in [5.41, 5.74) is 5.21. The van der Waals surface area contributed by atoms with E-state index < -0.39 is 0 Å². The van der Waals surface area contributed by atoms with E-state index in [-0.39, 0.29) is 0 Å². The van der Waals surface area contributed by atoms with Crippen LogP contribution in [0, 0.1) is 13.8 Å². The van der Waals surface area contributed by atoms with Gasteiger partial charge in [-0.25, -0.2) is 4.98 Å². The normalized spacial score (nSPS) is 11.0. The number of hydrogen-bond acceptors (Lipinski definition) is 6. The molecule has 0 bridgehead atoms. The minimum atomic E-state index is 0.528. The van der Waals surface area contributed by atoms with Crippen LogP contribution in [0.5, 0.6) is 5.75 Å². The fourth-order valence-electron chi connectivity index (χ4n) is 2.84. The Bertz CT molecular complexity index is 1070. The molecule has 2 aromatic heterocycles. The summed E-state index contributed by atoms with van der Waals surface area (Å²) < 4.78 is 12.0. The molecule has 0 saturated heterocycles. The molecule has 0 aliphatic rings. The maximum absolute atomic E-state index is 5.47. The lowest BCUT2D eigenvalue weighted by atomic mass is 10.1. The number of thiazole rings is 1. The number of para-hydroxylation sites is 1. The summed E-state index contributed by atoms with van der Waals surface area (Å²) in [6.45, 7) is 4.74. The van der Waals surface area contributed by atoms with E-state index >= 15 is 0 Å². The molecule has 132 valence electrons. The number of ether oxygens (including phenoxy) is 1. The number of rotatable bonds is 5. The van der Waals surface area contributed by atoms with Crippen LogP contribution in [0.25, 0.3) is 21.5 Å². The van der Waals surface area contributed by atoms with Crippen molar-refractivity contribution in [2.75, 3.05) is 12.4 Å². The minimum absolute atomic E-state index is 0.528. The molecule has 2 heterocycles. The summed E-state index contributed by atoms with van der Waals surface area (Å²) in [4.78, 5) is 4.71. The van der Waals surface area contributed by atoms with Gasteiger partial charge in [-0.15, -0.1) is 0 Å². The molecule has 0 aliphatic carbocycles. The second-order valence-electron chi connectivity index (χ2n) is 6.11.